The number of rotatable bonds is 7. The van der Waals surface area contributed by atoms with Crippen molar-refractivity contribution in [1.29, 1.82) is 0 Å². The minimum atomic E-state index is -1.04. The molecular formula is C25H30N4O3. The highest BCUT2D eigenvalue weighted by Gasteiger charge is 2.35. The van der Waals surface area contributed by atoms with Crippen LogP contribution in [0.5, 0.6) is 0 Å². The molecule has 3 heterocycles. The van der Waals surface area contributed by atoms with E-state index in [1.54, 1.807) is 12.1 Å². The first-order valence-electron chi connectivity index (χ1n) is 11.1. The average molecular weight is 435 g/mol. The molecule has 7 heteroatoms. The zero-order chi connectivity index (χ0) is 22.7. The van der Waals surface area contributed by atoms with Gasteiger partial charge in [-0.1, -0.05) is 43.3 Å². The lowest BCUT2D eigenvalue weighted by atomic mass is 9.90. The number of piperidine rings is 1. The zero-order valence-electron chi connectivity index (χ0n) is 18.5. The van der Waals surface area contributed by atoms with Gasteiger partial charge in [0.2, 0.25) is 5.91 Å². The minimum absolute atomic E-state index is 0.103. The van der Waals surface area contributed by atoms with Crippen LogP contribution in [0.15, 0.2) is 66.4 Å². The highest BCUT2D eigenvalue weighted by Crippen LogP contribution is 2.26. The van der Waals surface area contributed by atoms with E-state index in [0.717, 1.165) is 5.56 Å². The van der Waals surface area contributed by atoms with Gasteiger partial charge in [-0.2, -0.15) is 0 Å². The summed E-state index contributed by atoms with van der Waals surface area (Å²) in [6.45, 7) is 7.44. The molecule has 1 amide bonds. The second kappa shape index (κ2) is 9.12. The van der Waals surface area contributed by atoms with Crippen molar-refractivity contribution in [2.75, 3.05) is 13.1 Å². The number of benzene rings is 1. The molecule has 1 aliphatic rings. The van der Waals surface area contributed by atoms with Gasteiger partial charge in [-0.25, -0.2) is 4.98 Å². The molecule has 1 aliphatic heterocycles. The highest BCUT2D eigenvalue weighted by molar-refractivity contribution is 5.77. The third-order valence-corrected chi connectivity index (χ3v) is 6.43. The van der Waals surface area contributed by atoms with Crippen molar-refractivity contribution >= 4 is 16.9 Å². The third kappa shape index (κ3) is 4.53. The summed E-state index contributed by atoms with van der Waals surface area (Å²) in [5.41, 5.74) is 1.08. The molecule has 4 rings (SSSR count). The molecule has 32 heavy (non-hydrogen) atoms. The lowest BCUT2D eigenvalue weighted by molar-refractivity contribution is -0.136. The molecule has 1 saturated heterocycles. The second-order valence-electron chi connectivity index (χ2n) is 8.79. The zero-order valence-corrected chi connectivity index (χ0v) is 18.5. The first-order chi connectivity index (χ1) is 15.4. The Kier molecular flexibility index (Phi) is 6.28. The summed E-state index contributed by atoms with van der Waals surface area (Å²) in [5.74, 6) is 0.249. The number of allylic oxidation sites excluding steroid dienone is 1. The van der Waals surface area contributed by atoms with Gasteiger partial charge >= 0.3 is 0 Å². The molecule has 0 saturated carbocycles. The van der Waals surface area contributed by atoms with E-state index in [9.17, 15) is 14.7 Å². The Hall–Kier alpha value is -3.19. The molecular weight excluding hydrogens is 404 g/mol. The quantitative estimate of drug-likeness (QED) is 0.580. The maximum Gasteiger partial charge on any atom is 0.277 e. The maximum absolute atomic E-state index is 13.0. The maximum atomic E-state index is 13.0. The predicted octanol–water partition coefficient (Wildman–Crippen LogP) is 2.93. The number of carbonyl (C=O) groups excluding carboxylic acids is 1. The fourth-order valence-electron chi connectivity index (χ4n) is 4.46. The Labute approximate surface area is 187 Å². The Morgan fingerprint density at radius 2 is 1.94 bits per heavy atom. The summed E-state index contributed by atoms with van der Waals surface area (Å²) in [7, 11) is 0. The van der Waals surface area contributed by atoms with Crippen molar-refractivity contribution in [2.24, 2.45) is 0 Å². The topological polar surface area (TPSA) is 80.4 Å². The van der Waals surface area contributed by atoms with Crippen molar-refractivity contribution in [3.05, 3.63) is 77.5 Å². The van der Waals surface area contributed by atoms with Crippen molar-refractivity contribution in [3.63, 3.8) is 0 Å². The fraction of sp³-hybridized carbons (Fsp3) is 0.400. The monoisotopic (exact) mass is 434 g/mol. The molecule has 0 aliphatic carbocycles. The van der Waals surface area contributed by atoms with Crippen LogP contribution in [0.4, 0.5) is 0 Å². The molecule has 1 aromatic carbocycles. The normalized spacial score (nSPS) is 16.8. The van der Waals surface area contributed by atoms with Crippen LogP contribution < -0.4 is 5.56 Å². The number of nitrogens with zero attached hydrogens (tertiary/aromatic N) is 4. The van der Waals surface area contributed by atoms with Crippen LogP contribution in [0, 0.1) is 0 Å². The number of hydrogen-bond donors (Lipinski definition) is 1. The van der Waals surface area contributed by atoms with Crippen LogP contribution in [0.2, 0.25) is 0 Å². The van der Waals surface area contributed by atoms with Gasteiger partial charge in [0.25, 0.3) is 5.56 Å². The molecule has 0 radical (unpaired) electrons. The van der Waals surface area contributed by atoms with E-state index in [2.05, 4.69) is 18.5 Å². The van der Waals surface area contributed by atoms with E-state index >= 15 is 0 Å². The summed E-state index contributed by atoms with van der Waals surface area (Å²) >= 11 is 0. The lowest BCUT2D eigenvalue weighted by Gasteiger charge is -2.38. The molecule has 168 valence electrons. The van der Waals surface area contributed by atoms with Crippen LogP contribution in [0.3, 0.4) is 0 Å². The molecule has 1 unspecified atom stereocenters. The van der Waals surface area contributed by atoms with Crippen LogP contribution >= 0.6 is 0 Å². The van der Waals surface area contributed by atoms with Crippen molar-refractivity contribution in [3.8, 4) is 0 Å². The van der Waals surface area contributed by atoms with E-state index in [-0.39, 0.29) is 23.9 Å². The van der Waals surface area contributed by atoms with Crippen molar-refractivity contribution in [2.45, 2.75) is 50.8 Å². The van der Waals surface area contributed by atoms with Gasteiger partial charge in [0.1, 0.15) is 5.52 Å². The lowest BCUT2D eigenvalue weighted by Crippen LogP contribution is -2.49. The molecule has 1 fully saturated rings. The summed E-state index contributed by atoms with van der Waals surface area (Å²) in [5, 5.41) is 11.2. The fourth-order valence-corrected chi connectivity index (χ4v) is 4.46. The van der Waals surface area contributed by atoms with Gasteiger partial charge in [-0.15, -0.1) is 6.58 Å². The molecule has 3 aromatic rings. The van der Waals surface area contributed by atoms with Gasteiger partial charge in [0.15, 0.2) is 0 Å². The Bertz CT molecular complexity index is 1160. The minimum Gasteiger partial charge on any atom is -0.388 e. The van der Waals surface area contributed by atoms with Crippen molar-refractivity contribution in [1.82, 2.24) is 19.0 Å². The van der Waals surface area contributed by atoms with Gasteiger partial charge < -0.3 is 14.6 Å². The molecule has 7 nitrogen and oxygen atoms in total. The number of aromatic nitrogens is 3. The first-order valence-corrected chi connectivity index (χ1v) is 11.1. The number of fused-ring (bicyclic) bond motifs is 1. The van der Waals surface area contributed by atoms with E-state index in [1.165, 1.54) is 10.9 Å². The van der Waals surface area contributed by atoms with Crippen LogP contribution in [0.1, 0.15) is 37.7 Å². The van der Waals surface area contributed by atoms with Gasteiger partial charge in [-0.3, -0.25) is 14.2 Å². The van der Waals surface area contributed by atoms with E-state index in [4.69, 9.17) is 0 Å². The number of likely N-dealkylation sites (tertiary alicyclic amines) is 1. The highest BCUT2D eigenvalue weighted by atomic mass is 16.3. The number of amides is 1. The average Bonchev–Trinajstić information content (AvgIpc) is 3.20. The van der Waals surface area contributed by atoms with Crippen molar-refractivity contribution < 1.29 is 9.90 Å². The molecule has 1 N–H and O–H groups in total. The Morgan fingerprint density at radius 1 is 1.22 bits per heavy atom. The standard InChI is InChI=1S/C25H30N4O3/c1-3-12-28-13-9-21-23(28)24(31)29(18-26-21)17-25(32)10-14-27(15-11-25)22(30)16-19(2)20-7-5-4-6-8-20/h3-9,13,18-19,32H,1,10-12,14-17H2,2H3. The van der Waals surface area contributed by atoms with Crippen LogP contribution in [-0.2, 0) is 17.9 Å². The second-order valence-corrected chi connectivity index (χ2v) is 8.79. The van der Waals surface area contributed by atoms with E-state index in [1.807, 2.05) is 46.0 Å². The van der Waals surface area contributed by atoms with E-state index in [0.29, 0.717) is 49.9 Å². The van der Waals surface area contributed by atoms with Crippen LogP contribution in [-0.4, -0.2) is 48.7 Å². The van der Waals surface area contributed by atoms with Gasteiger partial charge in [-0.05, 0) is 30.4 Å². The molecule has 0 spiro atoms. The molecule has 1 atom stereocenters. The summed E-state index contributed by atoms with van der Waals surface area (Å²) < 4.78 is 3.30. The first kappa shape index (κ1) is 22.0. The SMILES string of the molecule is C=CCn1ccc2ncn(CC3(O)CCN(C(=O)CC(C)c4ccccc4)CC3)c(=O)c21. The third-order valence-electron chi connectivity index (χ3n) is 6.43. The Morgan fingerprint density at radius 3 is 2.62 bits per heavy atom. The predicted molar refractivity (Wildman–Crippen MR) is 124 cm³/mol. The van der Waals surface area contributed by atoms with Gasteiger partial charge in [0, 0.05) is 32.3 Å². The summed E-state index contributed by atoms with van der Waals surface area (Å²) in [6, 6.07) is 11.8. The largest absolute Gasteiger partial charge is 0.388 e. The molecule has 2 aromatic heterocycles. The molecule has 0 bridgehead atoms. The van der Waals surface area contributed by atoms with Crippen LogP contribution in [0.25, 0.3) is 11.0 Å². The van der Waals surface area contributed by atoms with Gasteiger partial charge in [0.05, 0.1) is 24.0 Å². The summed E-state index contributed by atoms with van der Waals surface area (Å²) in [4.78, 5) is 32.0. The Balaban J connectivity index is 1.40. The number of aliphatic hydroxyl groups is 1. The summed E-state index contributed by atoms with van der Waals surface area (Å²) in [6.07, 6.45) is 6.35. The number of hydrogen-bond acceptors (Lipinski definition) is 4. The number of carbonyl (C=O) groups is 1. The smallest absolute Gasteiger partial charge is 0.277 e. The van der Waals surface area contributed by atoms with E-state index < -0.39 is 5.60 Å².